The van der Waals surface area contributed by atoms with Crippen LogP contribution < -0.4 is 20.2 Å². The van der Waals surface area contributed by atoms with E-state index in [0.717, 1.165) is 11.3 Å². The number of hydrogen-bond acceptors (Lipinski definition) is 4. The van der Waals surface area contributed by atoms with Gasteiger partial charge in [-0.25, -0.2) is 0 Å². The molecular formula is C20H26N2O4. The number of pyridine rings is 1. The molecule has 0 unspecified atom stereocenters. The smallest absolute Gasteiger partial charge is 0.224 e. The van der Waals surface area contributed by atoms with E-state index in [-0.39, 0.29) is 24.3 Å². The number of hydrogen-bond donors (Lipinski definition) is 2. The van der Waals surface area contributed by atoms with Gasteiger partial charge in [0, 0.05) is 18.0 Å². The Morgan fingerprint density at radius 1 is 1.19 bits per heavy atom. The van der Waals surface area contributed by atoms with E-state index >= 15 is 0 Å². The third-order valence-corrected chi connectivity index (χ3v) is 3.58. The Hall–Kier alpha value is -2.76. The third kappa shape index (κ3) is 6.27. The van der Waals surface area contributed by atoms with Crippen LogP contribution in [0.3, 0.4) is 0 Å². The van der Waals surface area contributed by atoms with Gasteiger partial charge in [0.25, 0.3) is 0 Å². The summed E-state index contributed by atoms with van der Waals surface area (Å²) in [5, 5.41) is 2.80. The summed E-state index contributed by atoms with van der Waals surface area (Å²) in [4.78, 5) is 27.1. The number of aromatic amines is 1. The summed E-state index contributed by atoms with van der Waals surface area (Å²) in [7, 11) is 0. The first-order chi connectivity index (χ1) is 12.5. The number of aromatic nitrogens is 1. The molecule has 26 heavy (non-hydrogen) atoms. The highest BCUT2D eigenvalue weighted by Crippen LogP contribution is 2.12. The molecule has 0 saturated carbocycles. The van der Waals surface area contributed by atoms with E-state index in [1.165, 1.54) is 6.07 Å². The van der Waals surface area contributed by atoms with Gasteiger partial charge in [0.2, 0.25) is 11.3 Å². The molecular weight excluding hydrogens is 332 g/mol. The van der Waals surface area contributed by atoms with Crippen molar-refractivity contribution in [1.29, 1.82) is 0 Å². The van der Waals surface area contributed by atoms with E-state index in [1.54, 1.807) is 6.20 Å². The predicted molar refractivity (Wildman–Crippen MR) is 101 cm³/mol. The molecule has 2 aromatic rings. The fraction of sp³-hybridized carbons (Fsp3) is 0.400. The van der Waals surface area contributed by atoms with Crippen LogP contribution in [0.4, 0.5) is 0 Å². The van der Waals surface area contributed by atoms with Crippen LogP contribution in [0.25, 0.3) is 0 Å². The van der Waals surface area contributed by atoms with Crippen molar-refractivity contribution in [3.8, 4) is 11.5 Å². The van der Waals surface area contributed by atoms with Crippen molar-refractivity contribution < 1.29 is 14.3 Å². The predicted octanol–water partition coefficient (Wildman–Crippen LogP) is 2.67. The molecule has 1 aromatic carbocycles. The number of rotatable bonds is 9. The molecule has 1 aromatic heterocycles. The van der Waals surface area contributed by atoms with Crippen LogP contribution in [0.5, 0.6) is 11.5 Å². The van der Waals surface area contributed by atoms with Crippen molar-refractivity contribution in [1.82, 2.24) is 10.3 Å². The van der Waals surface area contributed by atoms with Crippen molar-refractivity contribution in [3.05, 3.63) is 58.0 Å². The number of nitrogens with one attached hydrogen (secondary N) is 2. The quantitative estimate of drug-likeness (QED) is 0.722. The highest BCUT2D eigenvalue weighted by Gasteiger charge is 2.07. The molecule has 1 heterocycles. The topological polar surface area (TPSA) is 80.4 Å². The molecule has 0 radical (unpaired) electrons. The second kappa shape index (κ2) is 9.65. The summed E-state index contributed by atoms with van der Waals surface area (Å²) in [6, 6.07) is 8.88. The standard InChI is InChI=1S/C20H26N2O4/c1-4-25-17-7-5-15(6-8-17)9-20(24)22-11-16-10-18(23)19(12-21-16)26-13-14(2)3/h5-8,10,12,14H,4,9,11,13H2,1-3H3,(H,21,23)(H,22,24). The second-order valence-corrected chi connectivity index (χ2v) is 6.42. The minimum Gasteiger partial charge on any atom is -0.494 e. The fourth-order valence-corrected chi connectivity index (χ4v) is 2.28. The number of carbonyl (C=O) groups is 1. The molecule has 0 saturated heterocycles. The Morgan fingerprint density at radius 3 is 2.54 bits per heavy atom. The Labute approximate surface area is 153 Å². The lowest BCUT2D eigenvalue weighted by molar-refractivity contribution is -0.120. The average molecular weight is 358 g/mol. The van der Waals surface area contributed by atoms with Crippen molar-refractivity contribution in [2.24, 2.45) is 5.92 Å². The van der Waals surface area contributed by atoms with Gasteiger partial charge in [0.1, 0.15) is 5.75 Å². The molecule has 1 amide bonds. The first kappa shape index (κ1) is 19.6. The summed E-state index contributed by atoms with van der Waals surface area (Å²) < 4.78 is 10.8. The van der Waals surface area contributed by atoms with Gasteiger partial charge >= 0.3 is 0 Å². The highest BCUT2D eigenvalue weighted by atomic mass is 16.5. The van der Waals surface area contributed by atoms with Gasteiger partial charge in [-0.15, -0.1) is 0 Å². The second-order valence-electron chi connectivity index (χ2n) is 6.42. The minimum atomic E-state index is -0.194. The van der Waals surface area contributed by atoms with E-state index in [1.807, 2.05) is 45.0 Å². The molecule has 0 aliphatic rings. The van der Waals surface area contributed by atoms with E-state index in [2.05, 4.69) is 10.3 Å². The molecule has 0 atom stereocenters. The lowest BCUT2D eigenvalue weighted by atomic mass is 10.1. The SMILES string of the molecule is CCOc1ccc(CC(=O)NCc2cc(=O)c(OCC(C)C)c[nH]2)cc1. The molecule has 2 N–H and O–H groups in total. The lowest BCUT2D eigenvalue weighted by Crippen LogP contribution is -2.25. The molecule has 0 spiro atoms. The molecule has 6 nitrogen and oxygen atoms in total. The van der Waals surface area contributed by atoms with Crippen LogP contribution in [-0.2, 0) is 17.8 Å². The van der Waals surface area contributed by atoms with Crippen LogP contribution in [0.1, 0.15) is 32.0 Å². The van der Waals surface area contributed by atoms with Crippen molar-refractivity contribution in [2.75, 3.05) is 13.2 Å². The van der Waals surface area contributed by atoms with Gasteiger partial charge in [0.15, 0.2) is 5.75 Å². The summed E-state index contributed by atoms with van der Waals surface area (Å²) in [5.41, 5.74) is 1.34. The van der Waals surface area contributed by atoms with Gasteiger partial charge in [-0.1, -0.05) is 26.0 Å². The average Bonchev–Trinajstić information content (AvgIpc) is 2.61. The normalized spacial score (nSPS) is 10.6. The van der Waals surface area contributed by atoms with Gasteiger partial charge in [0.05, 0.1) is 26.2 Å². The number of benzene rings is 1. The Balaban J connectivity index is 1.84. The molecule has 0 aliphatic carbocycles. The fourth-order valence-electron chi connectivity index (χ4n) is 2.28. The molecule has 0 fully saturated rings. The minimum absolute atomic E-state index is 0.116. The zero-order valence-corrected chi connectivity index (χ0v) is 15.5. The molecule has 0 aliphatic heterocycles. The summed E-state index contributed by atoms with van der Waals surface area (Å²) >= 11 is 0. The summed E-state index contributed by atoms with van der Waals surface area (Å²) in [6.07, 6.45) is 1.81. The van der Waals surface area contributed by atoms with Crippen LogP contribution in [-0.4, -0.2) is 24.1 Å². The monoisotopic (exact) mass is 358 g/mol. The number of H-pyrrole nitrogens is 1. The molecule has 2 rings (SSSR count). The first-order valence-corrected chi connectivity index (χ1v) is 8.80. The third-order valence-electron chi connectivity index (χ3n) is 3.58. The molecule has 6 heteroatoms. The highest BCUT2D eigenvalue weighted by molar-refractivity contribution is 5.78. The maximum atomic E-state index is 12.1. The van der Waals surface area contributed by atoms with Crippen molar-refractivity contribution in [2.45, 2.75) is 33.7 Å². The van der Waals surface area contributed by atoms with Crippen LogP contribution in [0.2, 0.25) is 0 Å². The van der Waals surface area contributed by atoms with Gasteiger partial charge in [-0.2, -0.15) is 0 Å². The Morgan fingerprint density at radius 2 is 1.92 bits per heavy atom. The molecule has 0 bridgehead atoms. The maximum Gasteiger partial charge on any atom is 0.224 e. The zero-order valence-electron chi connectivity index (χ0n) is 15.5. The van der Waals surface area contributed by atoms with E-state index < -0.39 is 0 Å². The van der Waals surface area contributed by atoms with Crippen molar-refractivity contribution >= 4 is 5.91 Å². The maximum absolute atomic E-state index is 12.1. The number of ether oxygens (including phenoxy) is 2. The van der Waals surface area contributed by atoms with Crippen molar-refractivity contribution in [3.63, 3.8) is 0 Å². The van der Waals surface area contributed by atoms with E-state index in [4.69, 9.17) is 9.47 Å². The van der Waals surface area contributed by atoms with Crippen LogP contribution >= 0.6 is 0 Å². The van der Waals surface area contributed by atoms with Gasteiger partial charge < -0.3 is 19.8 Å². The van der Waals surface area contributed by atoms with Gasteiger partial charge in [-0.3, -0.25) is 9.59 Å². The number of carbonyl (C=O) groups excluding carboxylic acids is 1. The summed E-state index contributed by atoms with van der Waals surface area (Å²) in [6.45, 7) is 7.32. The zero-order chi connectivity index (χ0) is 18.9. The number of amides is 1. The van der Waals surface area contributed by atoms with Crippen LogP contribution in [0.15, 0.2) is 41.3 Å². The van der Waals surface area contributed by atoms with E-state index in [0.29, 0.717) is 30.6 Å². The largest absolute Gasteiger partial charge is 0.494 e. The van der Waals surface area contributed by atoms with Crippen LogP contribution in [0, 0.1) is 5.92 Å². The first-order valence-electron chi connectivity index (χ1n) is 8.80. The van der Waals surface area contributed by atoms with Gasteiger partial charge in [-0.05, 0) is 30.5 Å². The van der Waals surface area contributed by atoms with E-state index in [9.17, 15) is 9.59 Å². The Bertz CT molecular complexity index is 766. The Kier molecular flexibility index (Phi) is 7.26. The lowest BCUT2D eigenvalue weighted by Gasteiger charge is -2.09. The summed E-state index contributed by atoms with van der Waals surface area (Å²) in [5.74, 6) is 1.31. The molecule has 140 valence electrons.